The van der Waals surface area contributed by atoms with E-state index in [4.69, 9.17) is 0 Å². The van der Waals surface area contributed by atoms with Gasteiger partial charge in [-0.05, 0) is 32.1 Å². The van der Waals surface area contributed by atoms with Crippen LogP contribution in [0.1, 0.15) is 72.1 Å². The Morgan fingerprint density at radius 2 is 0.938 bits per heavy atom. The maximum Gasteiger partial charge on any atom is 0.0770 e. The SMILES string of the molecule is CCCCC[NH+](CCCC)CCCCC.[Cl-]. The van der Waals surface area contributed by atoms with Gasteiger partial charge < -0.3 is 17.3 Å². The molecular formula is C14H32ClN. The molecule has 0 aromatic heterocycles. The van der Waals surface area contributed by atoms with Crippen LogP contribution in [0.3, 0.4) is 0 Å². The van der Waals surface area contributed by atoms with Gasteiger partial charge in [-0.2, -0.15) is 0 Å². The van der Waals surface area contributed by atoms with Crippen molar-refractivity contribution in [3.8, 4) is 0 Å². The van der Waals surface area contributed by atoms with E-state index < -0.39 is 0 Å². The molecule has 16 heavy (non-hydrogen) atoms. The monoisotopic (exact) mass is 249 g/mol. The Labute approximate surface area is 109 Å². The van der Waals surface area contributed by atoms with Crippen LogP contribution in [-0.4, -0.2) is 19.6 Å². The van der Waals surface area contributed by atoms with Crippen LogP contribution in [0.4, 0.5) is 0 Å². The fourth-order valence-electron chi connectivity index (χ4n) is 2.05. The van der Waals surface area contributed by atoms with Gasteiger partial charge in [0.1, 0.15) is 0 Å². The fourth-order valence-corrected chi connectivity index (χ4v) is 2.05. The fraction of sp³-hybridized carbons (Fsp3) is 1.00. The highest BCUT2D eigenvalue weighted by Gasteiger charge is 2.06. The van der Waals surface area contributed by atoms with Crippen molar-refractivity contribution in [2.24, 2.45) is 0 Å². The van der Waals surface area contributed by atoms with Gasteiger partial charge >= 0.3 is 0 Å². The van der Waals surface area contributed by atoms with E-state index in [1.165, 1.54) is 71.0 Å². The highest BCUT2D eigenvalue weighted by atomic mass is 35.5. The molecule has 0 fully saturated rings. The summed E-state index contributed by atoms with van der Waals surface area (Å²) in [4.78, 5) is 1.86. The lowest BCUT2D eigenvalue weighted by molar-refractivity contribution is -0.900. The minimum absolute atomic E-state index is 0. The van der Waals surface area contributed by atoms with Crippen molar-refractivity contribution in [1.29, 1.82) is 0 Å². The number of quaternary nitrogens is 1. The quantitative estimate of drug-likeness (QED) is 0.494. The first-order valence-corrected chi connectivity index (χ1v) is 7.18. The van der Waals surface area contributed by atoms with E-state index in [-0.39, 0.29) is 12.4 Å². The molecule has 0 spiro atoms. The lowest BCUT2D eigenvalue weighted by atomic mass is 10.2. The van der Waals surface area contributed by atoms with E-state index in [9.17, 15) is 0 Å². The third-order valence-electron chi connectivity index (χ3n) is 3.15. The first kappa shape index (κ1) is 18.6. The Balaban J connectivity index is 0. The summed E-state index contributed by atoms with van der Waals surface area (Å²) in [5, 5.41) is 0. The largest absolute Gasteiger partial charge is 1.00 e. The summed E-state index contributed by atoms with van der Waals surface area (Å²) in [5.74, 6) is 0. The summed E-state index contributed by atoms with van der Waals surface area (Å²) in [7, 11) is 0. The van der Waals surface area contributed by atoms with Crippen LogP contribution in [0.15, 0.2) is 0 Å². The van der Waals surface area contributed by atoms with E-state index in [1.807, 2.05) is 4.90 Å². The van der Waals surface area contributed by atoms with Gasteiger partial charge in [-0.1, -0.05) is 40.0 Å². The van der Waals surface area contributed by atoms with E-state index in [0.717, 1.165) is 0 Å². The zero-order valence-electron chi connectivity index (χ0n) is 11.7. The highest BCUT2D eigenvalue weighted by molar-refractivity contribution is 4.40. The summed E-state index contributed by atoms with van der Waals surface area (Å²) in [5.41, 5.74) is 0. The average molecular weight is 250 g/mol. The number of unbranched alkanes of at least 4 members (excludes halogenated alkanes) is 5. The second-order valence-electron chi connectivity index (χ2n) is 4.77. The van der Waals surface area contributed by atoms with Gasteiger partial charge in [0.25, 0.3) is 0 Å². The van der Waals surface area contributed by atoms with Gasteiger partial charge in [0.2, 0.25) is 0 Å². The van der Waals surface area contributed by atoms with Crippen molar-refractivity contribution in [3.05, 3.63) is 0 Å². The Hall–Kier alpha value is 0.250. The smallest absolute Gasteiger partial charge is 0.0770 e. The average Bonchev–Trinajstić information content (AvgIpc) is 2.25. The van der Waals surface area contributed by atoms with E-state index >= 15 is 0 Å². The van der Waals surface area contributed by atoms with Crippen LogP contribution < -0.4 is 17.3 Å². The predicted octanol–water partition coefficient (Wildman–Crippen LogP) is 0.0558. The summed E-state index contributed by atoms with van der Waals surface area (Å²) < 4.78 is 0. The predicted molar refractivity (Wildman–Crippen MR) is 69.5 cm³/mol. The van der Waals surface area contributed by atoms with Gasteiger partial charge in [-0.25, -0.2) is 0 Å². The Morgan fingerprint density at radius 1 is 0.562 bits per heavy atom. The van der Waals surface area contributed by atoms with Gasteiger partial charge in [0.05, 0.1) is 19.6 Å². The zero-order valence-corrected chi connectivity index (χ0v) is 12.4. The van der Waals surface area contributed by atoms with Gasteiger partial charge in [-0.15, -0.1) is 0 Å². The molecule has 0 aliphatic carbocycles. The minimum atomic E-state index is 0. The first-order chi connectivity index (χ1) is 7.35. The van der Waals surface area contributed by atoms with E-state index in [0.29, 0.717) is 0 Å². The van der Waals surface area contributed by atoms with Gasteiger partial charge in [0, 0.05) is 0 Å². The van der Waals surface area contributed by atoms with Crippen molar-refractivity contribution in [1.82, 2.24) is 0 Å². The molecular weight excluding hydrogens is 218 g/mol. The Kier molecular flexibility index (Phi) is 17.7. The molecule has 0 saturated carbocycles. The third-order valence-corrected chi connectivity index (χ3v) is 3.15. The minimum Gasteiger partial charge on any atom is -1.00 e. The standard InChI is InChI=1S/C14H31N.ClH/c1-4-7-10-13-15(12-9-6-3)14-11-8-5-2;/h4-14H2,1-3H3;1H. The van der Waals surface area contributed by atoms with Crippen molar-refractivity contribution in [2.75, 3.05) is 19.6 Å². The second-order valence-corrected chi connectivity index (χ2v) is 4.77. The molecule has 0 rings (SSSR count). The molecule has 0 bridgehead atoms. The maximum absolute atomic E-state index is 2.30. The molecule has 0 radical (unpaired) electrons. The van der Waals surface area contributed by atoms with Crippen LogP contribution in [0.25, 0.3) is 0 Å². The summed E-state index contributed by atoms with van der Waals surface area (Å²) >= 11 is 0. The lowest BCUT2D eigenvalue weighted by Crippen LogP contribution is -3.12. The number of hydrogen-bond acceptors (Lipinski definition) is 0. The van der Waals surface area contributed by atoms with Crippen molar-refractivity contribution in [2.45, 2.75) is 72.1 Å². The third kappa shape index (κ3) is 12.3. The molecule has 1 nitrogen and oxygen atoms in total. The summed E-state index contributed by atoms with van der Waals surface area (Å²) in [6, 6.07) is 0. The van der Waals surface area contributed by atoms with Gasteiger partial charge in [-0.3, -0.25) is 0 Å². The molecule has 0 saturated heterocycles. The second kappa shape index (κ2) is 15.2. The topological polar surface area (TPSA) is 4.44 Å². The lowest BCUT2D eigenvalue weighted by Gasteiger charge is -2.19. The molecule has 0 aliphatic heterocycles. The highest BCUT2D eigenvalue weighted by Crippen LogP contribution is 1.92. The Morgan fingerprint density at radius 3 is 1.31 bits per heavy atom. The molecule has 0 aliphatic rings. The summed E-state index contributed by atoms with van der Waals surface area (Å²) in [6.07, 6.45) is 11.2. The van der Waals surface area contributed by atoms with Crippen molar-refractivity contribution >= 4 is 0 Å². The van der Waals surface area contributed by atoms with E-state index in [2.05, 4.69) is 20.8 Å². The molecule has 1 N–H and O–H groups in total. The molecule has 0 unspecified atom stereocenters. The molecule has 0 amide bonds. The number of rotatable bonds is 11. The van der Waals surface area contributed by atoms with Crippen molar-refractivity contribution < 1.29 is 17.3 Å². The first-order valence-electron chi connectivity index (χ1n) is 7.18. The number of hydrogen-bond donors (Lipinski definition) is 1. The molecule has 0 heterocycles. The van der Waals surface area contributed by atoms with Crippen LogP contribution in [0, 0.1) is 0 Å². The van der Waals surface area contributed by atoms with Gasteiger partial charge in [0.15, 0.2) is 0 Å². The zero-order chi connectivity index (χ0) is 11.4. The van der Waals surface area contributed by atoms with Crippen LogP contribution in [0.5, 0.6) is 0 Å². The molecule has 0 aromatic carbocycles. The normalized spacial score (nSPS) is 10.5. The molecule has 2 heteroatoms. The van der Waals surface area contributed by atoms with E-state index in [1.54, 1.807) is 0 Å². The molecule has 0 atom stereocenters. The number of halogens is 1. The summed E-state index contributed by atoms with van der Waals surface area (Å²) in [6.45, 7) is 11.1. The van der Waals surface area contributed by atoms with Crippen molar-refractivity contribution in [3.63, 3.8) is 0 Å². The van der Waals surface area contributed by atoms with Crippen LogP contribution in [-0.2, 0) is 0 Å². The van der Waals surface area contributed by atoms with Crippen LogP contribution >= 0.6 is 0 Å². The number of nitrogens with one attached hydrogen (secondary N) is 1. The molecule has 0 aromatic rings. The maximum atomic E-state index is 2.30. The van der Waals surface area contributed by atoms with Crippen LogP contribution in [0.2, 0.25) is 0 Å². The molecule has 100 valence electrons. The Bertz CT molecular complexity index is 107.